The van der Waals surface area contributed by atoms with Crippen LogP contribution in [0.25, 0.3) is 0 Å². The molecule has 0 saturated heterocycles. The number of carbonyl (C=O) groups is 2. The summed E-state index contributed by atoms with van der Waals surface area (Å²) in [4.78, 5) is 25.8. The normalized spacial score (nSPS) is 12.9. The molecule has 0 bridgehead atoms. The van der Waals surface area contributed by atoms with Gasteiger partial charge in [0.2, 0.25) is 5.91 Å². The summed E-state index contributed by atoms with van der Waals surface area (Å²) in [6.45, 7) is 3.70. The predicted molar refractivity (Wildman–Crippen MR) is 118 cm³/mol. The average molecular weight is 407 g/mol. The van der Waals surface area contributed by atoms with Gasteiger partial charge in [-0.05, 0) is 42.8 Å². The topological polar surface area (TPSA) is 58.2 Å². The van der Waals surface area contributed by atoms with Crippen LogP contribution >= 0.6 is 11.3 Å². The minimum atomic E-state index is -0.522. The third kappa shape index (κ3) is 6.11. The highest BCUT2D eigenvalue weighted by Gasteiger charge is 2.20. The maximum atomic E-state index is 12.6. The van der Waals surface area contributed by atoms with Gasteiger partial charge in [-0.25, -0.2) is 0 Å². The Morgan fingerprint density at radius 3 is 2.31 bits per heavy atom. The van der Waals surface area contributed by atoms with E-state index in [1.165, 1.54) is 12.5 Å². The summed E-state index contributed by atoms with van der Waals surface area (Å²) in [6, 6.07) is 21.5. The molecule has 1 aromatic heterocycles. The Labute approximate surface area is 176 Å². The number of rotatable bonds is 9. The van der Waals surface area contributed by atoms with Gasteiger partial charge in [-0.2, -0.15) is 0 Å². The molecular formula is C24H26N2O2S. The molecule has 2 aromatic carbocycles. The van der Waals surface area contributed by atoms with Crippen molar-refractivity contribution in [2.75, 3.05) is 6.54 Å². The maximum absolute atomic E-state index is 12.6. The van der Waals surface area contributed by atoms with E-state index in [9.17, 15) is 9.59 Å². The Balaban J connectivity index is 1.64. The summed E-state index contributed by atoms with van der Waals surface area (Å²) < 4.78 is 0. The summed E-state index contributed by atoms with van der Waals surface area (Å²) in [7, 11) is 0. The molecule has 0 saturated carbocycles. The van der Waals surface area contributed by atoms with Crippen LogP contribution in [0.15, 0.2) is 72.1 Å². The summed E-state index contributed by atoms with van der Waals surface area (Å²) in [5.74, 6) is -0.231. The molecular weight excluding hydrogens is 380 g/mol. The van der Waals surface area contributed by atoms with E-state index in [0.717, 1.165) is 16.0 Å². The molecule has 0 radical (unpaired) electrons. The lowest BCUT2D eigenvalue weighted by atomic mass is 10.0. The molecule has 0 aliphatic rings. The third-order valence-corrected chi connectivity index (χ3v) is 5.75. The maximum Gasteiger partial charge on any atom is 0.234 e. The van der Waals surface area contributed by atoms with Gasteiger partial charge in [0.05, 0.1) is 18.6 Å². The van der Waals surface area contributed by atoms with Crippen LogP contribution in [0.5, 0.6) is 0 Å². The molecule has 29 heavy (non-hydrogen) atoms. The Morgan fingerprint density at radius 1 is 0.966 bits per heavy atom. The molecule has 3 rings (SSSR count). The number of benzene rings is 2. The van der Waals surface area contributed by atoms with E-state index in [0.29, 0.717) is 6.42 Å². The number of carbonyl (C=O) groups excluding carboxylic acids is 2. The van der Waals surface area contributed by atoms with Crippen LogP contribution < -0.4 is 10.6 Å². The molecule has 0 aliphatic carbocycles. The zero-order valence-corrected chi connectivity index (χ0v) is 17.5. The SMILES string of the molecule is CC(=O)[C@H](Cc1ccccc1)NC(=O)CN[C@@H](c1ccc(C)cc1)c1cccs1. The molecule has 3 aromatic rings. The van der Waals surface area contributed by atoms with Gasteiger partial charge in [0.1, 0.15) is 0 Å². The molecule has 1 amide bonds. The van der Waals surface area contributed by atoms with E-state index in [1.54, 1.807) is 11.3 Å². The molecule has 2 N–H and O–H groups in total. The molecule has 5 heteroatoms. The van der Waals surface area contributed by atoms with Crippen molar-refractivity contribution in [3.05, 3.63) is 93.7 Å². The fourth-order valence-electron chi connectivity index (χ4n) is 3.18. The van der Waals surface area contributed by atoms with Crippen LogP contribution in [0, 0.1) is 6.92 Å². The molecule has 1 heterocycles. The fraction of sp³-hybridized carbons (Fsp3) is 0.250. The highest BCUT2D eigenvalue weighted by Crippen LogP contribution is 2.26. The quantitative estimate of drug-likeness (QED) is 0.564. The third-order valence-electron chi connectivity index (χ3n) is 4.81. The van der Waals surface area contributed by atoms with Crippen molar-refractivity contribution in [2.45, 2.75) is 32.4 Å². The van der Waals surface area contributed by atoms with Crippen LogP contribution in [-0.2, 0) is 16.0 Å². The van der Waals surface area contributed by atoms with Crippen molar-refractivity contribution >= 4 is 23.0 Å². The van der Waals surface area contributed by atoms with E-state index < -0.39 is 6.04 Å². The smallest absolute Gasteiger partial charge is 0.234 e. The number of amides is 1. The summed E-state index contributed by atoms with van der Waals surface area (Å²) in [6.07, 6.45) is 0.494. The second kappa shape index (κ2) is 10.1. The van der Waals surface area contributed by atoms with E-state index in [1.807, 2.05) is 41.8 Å². The summed E-state index contributed by atoms with van der Waals surface area (Å²) in [5, 5.41) is 8.26. The Hall–Kier alpha value is -2.76. The minimum absolute atomic E-state index is 0.0458. The van der Waals surface area contributed by atoms with Gasteiger partial charge in [0, 0.05) is 4.88 Å². The van der Waals surface area contributed by atoms with Gasteiger partial charge in [-0.15, -0.1) is 11.3 Å². The molecule has 0 fully saturated rings. The second-order valence-electron chi connectivity index (χ2n) is 7.16. The lowest BCUT2D eigenvalue weighted by Crippen LogP contribution is -2.45. The Kier molecular flexibility index (Phi) is 7.33. The van der Waals surface area contributed by atoms with E-state index in [4.69, 9.17) is 0 Å². The van der Waals surface area contributed by atoms with Crippen molar-refractivity contribution in [2.24, 2.45) is 0 Å². The summed E-state index contributed by atoms with van der Waals surface area (Å²) in [5.41, 5.74) is 3.33. The van der Waals surface area contributed by atoms with Gasteiger partial charge < -0.3 is 5.32 Å². The van der Waals surface area contributed by atoms with Crippen LogP contribution in [-0.4, -0.2) is 24.3 Å². The van der Waals surface area contributed by atoms with Crippen molar-refractivity contribution in [3.8, 4) is 0 Å². The van der Waals surface area contributed by atoms with E-state index in [2.05, 4.69) is 47.9 Å². The molecule has 4 nitrogen and oxygen atoms in total. The number of hydrogen-bond acceptors (Lipinski definition) is 4. The Bertz CT molecular complexity index is 921. The van der Waals surface area contributed by atoms with Gasteiger partial charge >= 0.3 is 0 Å². The molecule has 2 atom stereocenters. The van der Waals surface area contributed by atoms with Crippen molar-refractivity contribution in [3.63, 3.8) is 0 Å². The van der Waals surface area contributed by atoms with Crippen LogP contribution in [0.1, 0.15) is 34.5 Å². The first-order valence-electron chi connectivity index (χ1n) is 9.70. The second-order valence-corrected chi connectivity index (χ2v) is 8.14. The molecule has 0 aliphatic heterocycles. The van der Waals surface area contributed by atoms with E-state index in [-0.39, 0.29) is 24.3 Å². The monoisotopic (exact) mass is 406 g/mol. The van der Waals surface area contributed by atoms with Crippen LogP contribution in [0.4, 0.5) is 0 Å². The first kappa shape index (κ1) is 21.0. The number of thiophene rings is 1. The largest absolute Gasteiger partial charge is 0.345 e. The van der Waals surface area contributed by atoms with Gasteiger partial charge in [-0.1, -0.05) is 66.2 Å². The minimum Gasteiger partial charge on any atom is -0.345 e. The van der Waals surface area contributed by atoms with Crippen molar-refractivity contribution < 1.29 is 9.59 Å². The number of hydrogen-bond donors (Lipinski definition) is 2. The number of aryl methyl sites for hydroxylation is 1. The number of nitrogens with one attached hydrogen (secondary N) is 2. The van der Waals surface area contributed by atoms with Crippen molar-refractivity contribution in [1.29, 1.82) is 0 Å². The molecule has 0 spiro atoms. The fourth-order valence-corrected chi connectivity index (χ4v) is 4.01. The Morgan fingerprint density at radius 2 is 1.69 bits per heavy atom. The number of ketones is 1. The molecule has 0 unspecified atom stereocenters. The van der Waals surface area contributed by atoms with Crippen LogP contribution in [0.3, 0.4) is 0 Å². The lowest BCUT2D eigenvalue weighted by Gasteiger charge is -2.20. The highest BCUT2D eigenvalue weighted by molar-refractivity contribution is 7.10. The first-order chi connectivity index (χ1) is 14.0. The lowest BCUT2D eigenvalue weighted by molar-refractivity contribution is -0.126. The predicted octanol–water partition coefficient (Wildman–Crippen LogP) is 4.05. The molecule has 150 valence electrons. The van der Waals surface area contributed by atoms with E-state index >= 15 is 0 Å². The summed E-state index contributed by atoms with van der Waals surface area (Å²) >= 11 is 1.65. The zero-order chi connectivity index (χ0) is 20.6. The standard InChI is InChI=1S/C24H26N2O2S/c1-17-10-12-20(13-11-17)24(22-9-6-14-29-22)25-16-23(28)26-21(18(2)27)15-19-7-4-3-5-8-19/h3-14,21,24-25H,15-16H2,1-2H3,(H,26,28)/t21-,24-/m0/s1. The van der Waals surface area contributed by atoms with Gasteiger partial charge in [0.25, 0.3) is 0 Å². The first-order valence-corrected chi connectivity index (χ1v) is 10.6. The van der Waals surface area contributed by atoms with Crippen molar-refractivity contribution in [1.82, 2.24) is 10.6 Å². The van der Waals surface area contributed by atoms with Crippen LogP contribution in [0.2, 0.25) is 0 Å². The number of Topliss-reactive ketones (excluding diaryl/α,β-unsaturated/α-hetero) is 1. The van der Waals surface area contributed by atoms with Gasteiger partial charge in [0.15, 0.2) is 5.78 Å². The zero-order valence-electron chi connectivity index (χ0n) is 16.7. The average Bonchev–Trinajstić information content (AvgIpc) is 3.24. The van der Waals surface area contributed by atoms with Gasteiger partial charge in [-0.3, -0.25) is 14.9 Å². The highest BCUT2D eigenvalue weighted by atomic mass is 32.1.